The lowest BCUT2D eigenvalue weighted by atomic mass is 9.93. The van der Waals surface area contributed by atoms with E-state index in [2.05, 4.69) is 4.98 Å². The summed E-state index contributed by atoms with van der Waals surface area (Å²) in [5, 5.41) is 12.1. The number of para-hydroxylation sites is 1. The summed E-state index contributed by atoms with van der Waals surface area (Å²) in [6, 6.07) is 12.1. The van der Waals surface area contributed by atoms with Gasteiger partial charge in [0.2, 0.25) is 0 Å². The number of hydrogen-bond acceptors (Lipinski definition) is 5. The summed E-state index contributed by atoms with van der Waals surface area (Å²) in [5.74, 6) is -0.921. The molecule has 0 saturated carbocycles. The number of amides is 1. The maximum absolute atomic E-state index is 13.1. The number of ether oxygens (including phenoxy) is 2. The molecule has 0 aliphatic carbocycles. The van der Waals surface area contributed by atoms with Crippen LogP contribution in [0.2, 0.25) is 0 Å². The number of H-pyrrole nitrogens is 1. The summed E-state index contributed by atoms with van der Waals surface area (Å²) in [6.07, 6.45) is 1.79. The van der Waals surface area contributed by atoms with Gasteiger partial charge in [0.25, 0.3) is 11.7 Å². The first-order valence-electron chi connectivity index (χ1n) is 9.96. The van der Waals surface area contributed by atoms with Crippen molar-refractivity contribution >= 4 is 28.4 Å². The zero-order chi connectivity index (χ0) is 22.1. The smallest absolute Gasteiger partial charge is 0.295 e. The number of benzene rings is 2. The van der Waals surface area contributed by atoms with Crippen LogP contribution in [0.5, 0.6) is 5.75 Å². The van der Waals surface area contributed by atoms with Crippen LogP contribution in [0.15, 0.2) is 54.2 Å². The van der Waals surface area contributed by atoms with E-state index in [0.717, 1.165) is 22.0 Å². The van der Waals surface area contributed by atoms with Gasteiger partial charge in [-0.05, 0) is 36.8 Å². The molecule has 0 radical (unpaired) electrons. The number of aromatic amines is 1. The van der Waals surface area contributed by atoms with Crippen molar-refractivity contribution in [3.8, 4) is 5.75 Å². The minimum Gasteiger partial charge on any atom is -0.507 e. The molecular formula is C24H24N2O5. The van der Waals surface area contributed by atoms with E-state index in [-0.39, 0.29) is 24.5 Å². The standard InChI is InChI=1S/C24H24N2O5/c1-14-12-15(31-3)8-9-16(14)22(27)20-21(26(10-11-30-2)24(29)23(20)28)18-13-25-19-7-5-4-6-17(18)19/h4-9,12-13,21,25,27H,10-11H2,1-3H3/b22-20+. The van der Waals surface area contributed by atoms with Gasteiger partial charge in [0.05, 0.1) is 25.3 Å². The number of aryl methyl sites for hydroxylation is 1. The number of aromatic nitrogens is 1. The fourth-order valence-electron chi connectivity index (χ4n) is 4.12. The molecule has 1 aromatic heterocycles. The number of Topliss-reactive ketones (excluding diaryl/α,β-unsaturated/α-hetero) is 1. The van der Waals surface area contributed by atoms with Crippen molar-refractivity contribution in [2.45, 2.75) is 13.0 Å². The number of ketones is 1. The van der Waals surface area contributed by atoms with Crippen LogP contribution >= 0.6 is 0 Å². The highest BCUT2D eigenvalue weighted by Gasteiger charge is 2.46. The Morgan fingerprint density at radius 1 is 1.16 bits per heavy atom. The van der Waals surface area contributed by atoms with Crippen molar-refractivity contribution in [1.29, 1.82) is 0 Å². The van der Waals surface area contributed by atoms with Crippen LogP contribution in [0.4, 0.5) is 0 Å². The Hall–Kier alpha value is -3.58. The topological polar surface area (TPSA) is 91.9 Å². The van der Waals surface area contributed by atoms with Crippen molar-refractivity contribution in [2.75, 3.05) is 27.4 Å². The van der Waals surface area contributed by atoms with Gasteiger partial charge < -0.3 is 24.5 Å². The Morgan fingerprint density at radius 3 is 2.65 bits per heavy atom. The van der Waals surface area contributed by atoms with Crippen LogP contribution in [0, 0.1) is 6.92 Å². The lowest BCUT2D eigenvalue weighted by Gasteiger charge is -2.24. The second-order valence-electron chi connectivity index (χ2n) is 7.46. The van der Waals surface area contributed by atoms with Crippen LogP contribution in [0.1, 0.15) is 22.7 Å². The highest BCUT2D eigenvalue weighted by Crippen LogP contribution is 2.42. The molecule has 1 amide bonds. The number of nitrogens with one attached hydrogen (secondary N) is 1. The van der Waals surface area contributed by atoms with Crippen molar-refractivity contribution in [3.05, 3.63) is 70.9 Å². The maximum atomic E-state index is 13.1. The molecule has 3 aromatic rings. The molecule has 2 N–H and O–H groups in total. The van der Waals surface area contributed by atoms with Crippen LogP contribution in [0.25, 0.3) is 16.7 Å². The largest absolute Gasteiger partial charge is 0.507 e. The monoisotopic (exact) mass is 420 g/mol. The molecule has 2 heterocycles. The zero-order valence-electron chi connectivity index (χ0n) is 17.6. The average Bonchev–Trinajstić information content (AvgIpc) is 3.30. The first-order valence-corrected chi connectivity index (χ1v) is 9.96. The number of likely N-dealkylation sites (tertiary alicyclic amines) is 1. The fraction of sp³-hybridized carbons (Fsp3) is 0.250. The third-order valence-corrected chi connectivity index (χ3v) is 5.68. The Kier molecular flexibility index (Phi) is 5.52. The van der Waals surface area contributed by atoms with Gasteiger partial charge in [0.15, 0.2) is 0 Å². The SMILES string of the molecule is COCCN1C(=O)C(=O)/C(=C(/O)c2ccc(OC)cc2C)C1c1c[nH]c2ccccc12. The first-order chi connectivity index (χ1) is 15.0. The Labute approximate surface area is 179 Å². The molecule has 4 rings (SSSR count). The van der Waals surface area contributed by atoms with Crippen molar-refractivity contribution in [2.24, 2.45) is 0 Å². The second kappa shape index (κ2) is 8.28. The molecule has 1 aliphatic rings. The van der Waals surface area contributed by atoms with E-state index in [9.17, 15) is 14.7 Å². The van der Waals surface area contributed by atoms with Gasteiger partial charge in [-0.2, -0.15) is 0 Å². The van der Waals surface area contributed by atoms with Gasteiger partial charge in [-0.1, -0.05) is 18.2 Å². The number of aliphatic hydroxyl groups is 1. The van der Waals surface area contributed by atoms with E-state index in [4.69, 9.17) is 9.47 Å². The Balaban J connectivity index is 1.93. The number of carbonyl (C=O) groups excluding carboxylic acids is 2. The average molecular weight is 420 g/mol. The lowest BCUT2D eigenvalue weighted by molar-refractivity contribution is -0.140. The molecule has 160 valence electrons. The lowest BCUT2D eigenvalue weighted by Crippen LogP contribution is -2.32. The molecule has 0 spiro atoms. The van der Waals surface area contributed by atoms with Gasteiger partial charge in [0.1, 0.15) is 11.5 Å². The number of carbonyl (C=O) groups is 2. The summed E-state index contributed by atoms with van der Waals surface area (Å²) in [5.41, 5.74) is 2.92. The normalized spacial score (nSPS) is 18.2. The predicted octanol–water partition coefficient (Wildman–Crippen LogP) is 3.55. The van der Waals surface area contributed by atoms with Crippen LogP contribution in [-0.2, 0) is 14.3 Å². The molecule has 0 bridgehead atoms. The molecule has 7 nitrogen and oxygen atoms in total. The summed E-state index contributed by atoms with van der Waals surface area (Å²) in [7, 11) is 3.10. The Bertz CT molecular complexity index is 1190. The third-order valence-electron chi connectivity index (χ3n) is 5.68. The van der Waals surface area contributed by atoms with Gasteiger partial charge in [0, 0.05) is 41.9 Å². The molecule has 31 heavy (non-hydrogen) atoms. The number of rotatable bonds is 6. The maximum Gasteiger partial charge on any atom is 0.295 e. The molecule has 7 heteroatoms. The van der Waals surface area contributed by atoms with E-state index in [1.54, 1.807) is 31.5 Å². The third kappa shape index (κ3) is 3.47. The van der Waals surface area contributed by atoms with Crippen LogP contribution in [0.3, 0.4) is 0 Å². The molecular weight excluding hydrogens is 396 g/mol. The molecule has 1 atom stereocenters. The summed E-state index contributed by atoms with van der Waals surface area (Å²) < 4.78 is 10.4. The Morgan fingerprint density at radius 2 is 1.94 bits per heavy atom. The summed E-state index contributed by atoms with van der Waals surface area (Å²) >= 11 is 0. The van der Waals surface area contributed by atoms with E-state index < -0.39 is 17.7 Å². The molecule has 1 aliphatic heterocycles. The van der Waals surface area contributed by atoms with E-state index in [1.165, 1.54) is 12.0 Å². The molecule has 1 saturated heterocycles. The molecule has 1 unspecified atom stereocenters. The van der Waals surface area contributed by atoms with Gasteiger partial charge in [-0.3, -0.25) is 9.59 Å². The van der Waals surface area contributed by atoms with Gasteiger partial charge in [-0.15, -0.1) is 0 Å². The number of hydrogen-bond donors (Lipinski definition) is 2. The van der Waals surface area contributed by atoms with E-state index in [0.29, 0.717) is 11.3 Å². The van der Waals surface area contributed by atoms with Crippen molar-refractivity contribution in [1.82, 2.24) is 9.88 Å². The molecule has 2 aromatic carbocycles. The summed E-state index contributed by atoms with van der Waals surface area (Å²) in [6.45, 7) is 2.32. The minimum atomic E-state index is -0.729. The zero-order valence-corrected chi connectivity index (χ0v) is 17.6. The number of fused-ring (bicyclic) bond motifs is 1. The number of methoxy groups -OCH3 is 2. The number of aliphatic hydroxyl groups excluding tert-OH is 1. The highest BCUT2D eigenvalue weighted by atomic mass is 16.5. The first kappa shape index (κ1) is 20.7. The van der Waals surface area contributed by atoms with E-state index >= 15 is 0 Å². The van der Waals surface area contributed by atoms with Crippen molar-refractivity contribution in [3.63, 3.8) is 0 Å². The van der Waals surface area contributed by atoms with E-state index in [1.807, 2.05) is 31.2 Å². The van der Waals surface area contributed by atoms with Gasteiger partial charge >= 0.3 is 0 Å². The predicted molar refractivity (Wildman–Crippen MR) is 117 cm³/mol. The van der Waals surface area contributed by atoms with Crippen molar-refractivity contribution < 1.29 is 24.2 Å². The van der Waals surface area contributed by atoms with Crippen LogP contribution in [-0.4, -0.2) is 54.1 Å². The minimum absolute atomic E-state index is 0.0686. The molecule has 1 fully saturated rings. The number of nitrogens with zero attached hydrogens (tertiary/aromatic N) is 1. The highest BCUT2D eigenvalue weighted by molar-refractivity contribution is 6.46. The fourth-order valence-corrected chi connectivity index (χ4v) is 4.12. The van der Waals surface area contributed by atoms with Gasteiger partial charge in [-0.25, -0.2) is 0 Å². The second-order valence-corrected chi connectivity index (χ2v) is 7.46. The quantitative estimate of drug-likeness (QED) is 0.361. The van der Waals surface area contributed by atoms with Crippen LogP contribution < -0.4 is 4.74 Å². The summed E-state index contributed by atoms with van der Waals surface area (Å²) in [4.78, 5) is 30.7.